The topological polar surface area (TPSA) is 27.7 Å². The maximum Gasteiger partial charge on any atom is 0.397 e. The Balaban J connectivity index is 1.74. The normalized spacial score (nSPS) is 26.0. The van der Waals surface area contributed by atoms with Crippen LogP contribution < -0.4 is 4.52 Å². The van der Waals surface area contributed by atoms with Gasteiger partial charge in [0.05, 0.1) is 6.61 Å². The first-order valence-electron chi connectivity index (χ1n) is 6.85. The molecule has 0 amide bonds. The average molecular weight is 367 g/mol. The van der Waals surface area contributed by atoms with Crippen molar-refractivity contribution in [2.45, 2.75) is 17.4 Å². The molecule has 1 aliphatic heterocycles. The highest BCUT2D eigenvalue weighted by Crippen LogP contribution is 2.49. The van der Waals surface area contributed by atoms with Crippen molar-refractivity contribution >= 4 is 24.5 Å². The van der Waals surface area contributed by atoms with Crippen molar-refractivity contribution in [1.29, 1.82) is 0 Å². The summed E-state index contributed by atoms with van der Waals surface area (Å²) in [7, 11) is -1.39. The van der Waals surface area contributed by atoms with E-state index in [1.54, 1.807) is 0 Å². The van der Waals surface area contributed by atoms with Crippen LogP contribution in [0.3, 0.4) is 0 Å². The number of rotatable bonds is 3. The van der Waals surface area contributed by atoms with Crippen LogP contribution in [-0.4, -0.2) is 11.4 Å². The van der Waals surface area contributed by atoms with Crippen molar-refractivity contribution in [3.8, 4) is 5.75 Å². The molecule has 1 fully saturated rings. The first-order valence-corrected chi connectivity index (χ1v) is 8.86. The van der Waals surface area contributed by atoms with E-state index in [2.05, 4.69) is 28.1 Å². The van der Waals surface area contributed by atoms with E-state index >= 15 is 0 Å². The Labute approximate surface area is 134 Å². The fraction of sp³-hybridized carbons (Fsp3) is 0.250. The van der Waals surface area contributed by atoms with Crippen LogP contribution in [0.5, 0.6) is 5.75 Å². The molecule has 0 aromatic heterocycles. The van der Waals surface area contributed by atoms with E-state index in [1.165, 1.54) is 0 Å². The molecule has 3 rings (SSSR count). The Morgan fingerprint density at radius 3 is 2.38 bits per heavy atom. The second kappa shape index (κ2) is 7.37. The third-order valence-electron chi connectivity index (χ3n) is 3.17. The van der Waals surface area contributed by atoms with Crippen molar-refractivity contribution in [3.63, 3.8) is 0 Å². The molecular weight excluding hydrogens is 351 g/mol. The summed E-state index contributed by atoms with van der Waals surface area (Å²) in [6.07, 6.45) is 0.819. The summed E-state index contributed by atoms with van der Waals surface area (Å²) in [5.74, 6) is 0.767. The molecule has 21 heavy (non-hydrogen) atoms. The lowest BCUT2D eigenvalue weighted by molar-refractivity contribution is 0.180. The number of para-hydroxylation sites is 1. The van der Waals surface area contributed by atoms with E-state index in [1.807, 2.05) is 48.5 Å². The summed E-state index contributed by atoms with van der Waals surface area (Å²) in [5, 5.41) is 0. The first kappa shape index (κ1) is 15.0. The van der Waals surface area contributed by atoms with Gasteiger partial charge in [-0.3, -0.25) is 4.52 Å². The Kier molecular flexibility index (Phi) is 5.26. The highest BCUT2D eigenvalue weighted by atomic mass is 79.9. The highest BCUT2D eigenvalue weighted by molar-refractivity contribution is 9.09. The average Bonchev–Trinajstić information content (AvgIpc) is 2.71. The second-order valence-corrected chi connectivity index (χ2v) is 6.98. The van der Waals surface area contributed by atoms with E-state index in [0.29, 0.717) is 6.61 Å². The van der Waals surface area contributed by atoms with Crippen molar-refractivity contribution in [1.82, 2.24) is 0 Å². The fourth-order valence-electron chi connectivity index (χ4n) is 2.11. The standard InChI is InChI=1S/C16H16BrO3P/c17-15-11-12-18-21(19-14-9-5-2-6-10-14)20-16(15)13-7-3-1-4-8-13/h1-10,15-16H,11-12H2/t15-,16+,21?/m1/s1. The molecule has 1 unspecified atom stereocenters. The zero-order chi connectivity index (χ0) is 14.5. The van der Waals surface area contributed by atoms with Crippen molar-refractivity contribution < 1.29 is 13.6 Å². The molecule has 2 aromatic carbocycles. The molecule has 5 heteroatoms. The number of hydrogen-bond acceptors (Lipinski definition) is 3. The van der Waals surface area contributed by atoms with Crippen LogP contribution in [-0.2, 0) is 9.05 Å². The van der Waals surface area contributed by atoms with Gasteiger partial charge in [-0.1, -0.05) is 64.5 Å². The van der Waals surface area contributed by atoms with Gasteiger partial charge in [0, 0.05) is 4.83 Å². The summed E-state index contributed by atoms with van der Waals surface area (Å²) in [5.41, 5.74) is 1.13. The molecule has 0 N–H and O–H groups in total. The number of halogens is 1. The first-order chi connectivity index (χ1) is 10.3. The minimum absolute atomic E-state index is 0.0662. The predicted octanol–water partition coefficient (Wildman–Crippen LogP) is 5.23. The van der Waals surface area contributed by atoms with Crippen LogP contribution in [0.4, 0.5) is 0 Å². The van der Waals surface area contributed by atoms with Crippen molar-refractivity contribution in [2.75, 3.05) is 6.61 Å². The zero-order valence-electron chi connectivity index (χ0n) is 11.4. The van der Waals surface area contributed by atoms with E-state index < -0.39 is 8.60 Å². The smallest absolute Gasteiger partial charge is 0.397 e. The summed E-state index contributed by atoms with van der Waals surface area (Å²) in [6, 6.07) is 19.8. The molecule has 0 radical (unpaired) electrons. The summed E-state index contributed by atoms with van der Waals surface area (Å²) >= 11 is 3.70. The van der Waals surface area contributed by atoms with E-state index in [0.717, 1.165) is 17.7 Å². The van der Waals surface area contributed by atoms with Gasteiger partial charge in [-0.05, 0) is 24.1 Å². The van der Waals surface area contributed by atoms with Crippen LogP contribution in [0.1, 0.15) is 18.1 Å². The lowest BCUT2D eigenvalue weighted by Gasteiger charge is -2.22. The molecular formula is C16H16BrO3P. The second-order valence-electron chi connectivity index (χ2n) is 4.70. The van der Waals surface area contributed by atoms with Gasteiger partial charge in [0.1, 0.15) is 11.9 Å². The van der Waals surface area contributed by atoms with Gasteiger partial charge in [-0.15, -0.1) is 0 Å². The molecule has 0 saturated carbocycles. The van der Waals surface area contributed by atoms with Crippen LogP contribution in [0.25, 0.3) is 0 Å². The lowest BCUT2D eigenvalue weighted by Crippen LogP contribution is -2.13. The van der Waals surface area contributed by atoms with Gasteiger partial charge in [-0.2, -0.15) is 0 Å². The number of hydrogen-bond donors (Lipinski definition) is 0. The van der Waals surface area contributed by atoms with Gasteiger partial charge in [0.2, 0.25) is 0 Å². The van der Waals surface area contributed by atoms with Crippen LogP contribution in [0.2, 0.25) is 0 Å². The lowest BCUT2D eigenvalue weighted by atomic mass is 10.1. The summed E-state index contributed by atoms with van der Waals surface area (Å²) < 4.78 is 17.6. The van der Waals surface area contributed by atoms with Crippen molar-refractivity contribution in [2.24, 2.45) is 0 Å². The molecule has 0 aliphatic carbocycles. The van der Waals surface area contributed by atoms with Crippen LogP contribution in [0, 0.1) is 0 Å². The van der Waals surface area contributed by atoms with Gasteiger partial charge in [0.25, 0.3) is 0 Å². The van der Waals surface area contributed by atoms with Gasteiger partial charge >= 0.3 is 8.60 Å². The van der Waals surface area contributed by atoms with E-state index in [-0.39, 0.29) is 10.9 Å². The molecule has 1 heterocycles. The molecule has 1 saturated heterocycles. The van der Waals surface area contributed by atoms with Crippen molar-refractivity contribution in [3.05, 3.63) is 66.2 Å². The third-order valence-corrected chi connectivity index (χ3v) is 5.26. The fourth-order valence-corrected chi connectivity index (χ4v) is 4.03. The molecule has 2 aromatic rings. The van der Waals surface area contributed by atoms with Crippen LogP contribution in [0.15, 0.2) is 60.7 Å². The van der Waals surface area contributed by atoms with Gasteiger partial charge < -0.3 is 9.05 Å². The molecule has 3 nitrogen and oxygen atoms in total. The Bertz CT molecular complexity index is 552. The van der Waals surface area contributed by atoms with E-state index in [9.17, 15) is 0 Å². The Morgan fingerprint density at radius 1 is 1.00 bits per heavy atom. The maximum absolute atomic E-state index is 6.09. The molecule has 1 aliphatic rings. The van der Waals surface area contributed by atoms with E-state index in [4.69, 9.17) is 13.6 Å². The number of benzene rings is 2. The maximum atomic E-state index is 6.09. The molecule has 0 bridgehead atoms. The molecule has 0 spiro atoms. The van der Waals surface area contributed by atoms with Gasteiger partial charge in [0.15, 0.2) is 0 Å². The third kappa shape index (κ3) is 4.04. The Morgan fingerprint density at radius 2 is 1.67 bits per heavy atom. The largest absolute Gasteiger partial charge is 0.427 e. The monoisotopic (exact) mass is 366 g/mol. The zero-order valence-corrected chi connectivity index (χ0v) is 13.9. The van der Waals surface area contributed by atoms with Crippen LogP contribution >= 0.6 is 24.5 Å². The number of alkyl halides is 1. The molecule has 3 atom stereocenters. The summed E-state index contributed by atoms with van der Waals surface area (Å²) in [4.78, 5) is 0.215. The highest BCUT2D eigenvalue weighted by Gasteiger charge is 2.31. The minimum atomic E-state index is -1.39. The minimum Gasteiger partial charge on any atom is -0.427 e. The predicted molar refractivity (Wildman–Crippen MR) is 87.5 cm³/mol. The summed E-state index contributed by atoms with van der Waals surface area (Å²) in [6.45, 7) is 0.623. The Hall–Kier alpha value is -0.930. The SMILES string of the molecule is Br[C@@H]1CCOP(Oc2ccccc2)O[C@H]1c1ccccc1. The quantitative estimate of drug-likeness (QED) is 0.549. The molecule has 110 valence electrons. The van der Waals surface area contributed by atoms with Gasteiger partial charge in [-0.25, -0.2) is 0 Å².